The molecule has 54 heavy (non-hydrogen) atoms. The molecule has 0 unspecified atom stereocenters. The summed E-state index contributed by atoms with van der Waals surface area (Å²) in [5, 5.41) is 70.5. The maximum Gasteiger partial charge on any atom is 0.333 e. The summed E-state index contributed by atoms with van der Waals surface area (Å²) < 4.78 is 27.8. The smallest absolute Gasteiger partial charge is 0.333 e. The number of nitrogens with one attached hydrogen (secondary N) is 3. The van der Waals surface area contributed by atoms with E-state index in [0.29, 0.717) is 24.3 Å². The Balaban J connectivity index is 1.30. The number of ether oxygens (including phenoxy) is 5. The largest absolute Gasteiger partial charge is 0.394 e. The number of carbonyl (C=O) groups is 6. The van der Waals surface area contributed by atoms with Crippen LogP contribution in [0.1, 0.15) is 38.5 Å². The Hall–Kier alpha value is -3.46. The van der Waals surface area contributed by atoms with Crippen molar-refractivity contribution >= 4 is 35.5 Å². The Morgan fingerprint density at radius 3 is 1.98 bits per heavy atom. The van der Waals surface area contributed by atoms with Crippen molar-refractivity contribution in [2.75, 3.05) is 59.1 Å². The van der Waals surface area contributed by atoms with Gasteiger partial charge in [-0.2, -0.15) is 0 Å². The van der Waals surface area contributed by atoms with E-state index in [1.165, 1.54) is 4.90 Å². The predicted molar refractivity (Wildman–Crippen MR) is 172 cm³/mol. The number of hydroxylamine groups is 2. The average Bonchev–Trinajstić information content (AvgIpc) is 3.44. The minimum absolute atomic E-state index is 0.0103. The summed E-state index contributed by atoms with van der Waals surface area (Å²) >= 11 is 0. The Morgan fingerprint density at radius 2 is 1.35 bits per heavy atom. The zero-order valence-corrected chi connectivity index (χ0v) is 29.4. The lowest BCUT2D eigenvalue weighted by Gasteiger charge is -2.45. The highest BCUT2D eigenvalue weighted by Crippen LogP contribution is 2.30. The number of aliphatic hydroxyl groups excluding tert-OH is 6. The quantitative estimate of drug-likeness (QED) is 0.0735. The molecule has 306 valence electrons. The van der Waals surface area contributed by atoms with Gasteiger partial charge in [0.05, 0.1) is 39.5 Å². The Labute approximate surface area is 308 Å². The molecule has 4 aliphatic heterocycles. The molecule has 9 N–H and O–H groups in total. The Morgan fingerprint density at radius 1 is 0.741 bits per heavy atom. The van der Waals surface area contributed by atoms with Crippen molar-refractivity contribution in [3.8, 4) is 0 Å². The van der Waals surface area contributed by atoms with Crippen LogP contribution in [0.2, 0.25) is 0 Å². The summed E-state index contributed by atoms with van der Waals surface area (Å²) in [5.41, 5.74) is 0. The molecule has 4 aliphatic rings. The van der Waals surface area contributed by atoms with Crippen LogP contribution in [0, 0.1) is 0 Å². The van der Waals surface area contributed by atoms with Gasteiger partial charge in [0.1, 0.15) is 42.7 Å². The van der Waals surface area contributed by atoms with Gasteiger partial charge in [-0.25, -0.2) is 4.79 Å². The first-order valence-electron chi connectivity index (χ1n) is 17.6. The third-order valence-electron chi connectivity index (χ3n) is 8.73. The maximum atomic E-state index is 12.8. The molecular formula is C31H49N5O18. The molecule has 0 saturated carbocycles. The van der Waals surface area contributed by atoms with Gasteiger partial charge in [-0.15, -0.1) is 5.06 Å². The number of amides is 5. The monoisotopic (exact) mass is 779 g/mol. The van der Waals surface area contributed by atoms with Crippen molar-refractivity contribution in [1.29, 1.82) is 0 Å². The molecule has 4 heterocycles. The van der Waals surface area contributed by atoms with Crippen LogP contribution < -0.4 is 16.0 Å². The lowest BCUT2D eigenvalue weighted by Crippen LogP contribution is -2.64. The number of aliphatic hydroxyl groups is 6. The SMILES string of the molecule is O=C(CN1CC(=O)NCCO[C@@H]2O[C@@H](O[C@@H]3[C@H](OCCNC(=O)C1)O[C@H](CO)[C@@H](O)[C@@H]3O)[C@@H](O)[C@@H](O)[C@@H]2O)NCCCCCC(=O)ON1C(=O)CCC1=O. The number of fused-ring (bicyclic) bond motifs is 3. The van der Waals surface area contributed by atoms with E-state index in [9.17, 15) is 59.4 Å². The maximum absolute atomic E-state index is 12.8. The predicted octanol–water partition coefficient (Wildman–Crippen LogP) is -6.56. The molecular weight excluding hydrogens is 730 g/mol. The summed E-state index contributed by atoms with van der Waals surface area (Å²) in [6.07, 6.45) is -15.4. The lowest BCUT2D eigenvalue weighted by molar-refractivity contribution is -0.389. The van der Waals surface area contributed by atoms with Gasteiger partial charge in [0, 0.05) is 38.9 Å². The number of imide groups is 1. The van der Waals surface area contributed by atoms with Crippen LogP contribution in [0.3, 0.4) is 0 Å². The summed E-state index contributed by atoms with van der Waals surface area (Å²) in [4.78, 5) is 79.5. The highest BCUT2D eigenvalue weighted by Gasteiger charge is 2.51. The van der Waals surface area contributed by atoms with Crippen molar-refractivity contribution in [2.45, 2.75) is 100 Å². The van der Waals surface area contributed by atoms with E-state index < -0.39 is 117 Å². The second kappa shape index (κ2) is 21.0. The van der Waals surface area contributed by atoms with E-state index in [4.69, 9.17) is 28.5 Å². The fraction of sp³-hybridized carbons (Fsp3) is 0.806. The molecule has 0 spiro atoms. The van der Waals surface area contributed by atoms with E-state index >= 15 is 0 Å². The zero-order valence-electron chi connectivity index (χ0n) is 29.4. The van der Waals surface area contributed by atoms with Gasteiger partial charge in [-0.3, -0.25) is 28.9 Å². The molecule has 0 aromatic rings. The van der Waals surface area contributed by atoms with E-state index in [0.717, 1.165) is 0 Å². The molecule has 4 saturated heterocycles. The third-order valence-corrected chi connectivity index (χ3v) is 8.73. The zero-order chi connectivity index (χ0) is 39.4. The molecule has 23 nitrogen and oxygen atoms in total. The summed E-state index contributed by atoms with van der Waals surface area (Å²) in [6, 6.07) is 0. The molecule has 2 bridgehead atoms. The minimum atomic E-state index is -1.87. The van der Waals surface area contributed by atoms with Gasteiger partial charge < -0.3 is 75.1 Å². The number of carbonyl (C=O) groups excluding carboxylic acids is 6. The average molecular weight is 780 g/mol. The number of hydrogen-bond donors (Lipinski definition) is 9. The Bertz CT molecular complexity index is 1290. The van der Waals surface area contributed by atoms with Crippen molar-refractivity contribution in [3.63, 3.8) is 0 Å². The first-order valence-corrected chi connectivity index (χ1v) is 17.6. The normalized spacial score (nSPS) is 33.8. The first kappa shape index (κ1) is 43.3. The summed E-state index contributed by atoms with van der Waals surface area (Å²) in [7, 11) is 0. The van der Waals surface area contributed by atoms with Crippen molar-refractivity contribution in [1.82, 2.24) is 25.9 Å². The number of rotatable bonds is 10. The van der Waals surface area contributed by atoms with E-state index in [1.54, 1.807) is 0 Å². The summed E-state index contributed by atoms with van der Waals surface area (Å²) in [5.74, 6) is -3.58. The molecule has 0 radical (unpaired) electrons. The van der Waals surface area contributed by atoms with Crippen LogP contribution in [0.5, 0.6) is 0 Å². The number of hydrogen-bond acceptors (Lipinski definition) is 19. The van der Waals surface area contributed by atoms with Crippen LogP contribution in [0.4, 0.5) is 0 Å². The number of unbranched alkanes of at least 4 members (excludes halogenated alkanes) is 2. The molecule has 4 rings (SSSR count). The van der Waals surface area contributed by atoms with Crippen LogP contribution in [-0.2, 0) is 57.3 Å². The van der Waals surface area contributed by atoms with Crippen molar-refractivity contribution in [3.05, 3.63) is 0 Å². The van der Waals surface area contributed by atoms with Gasteiger partial charge in [-0.1, -0.05) is 6.42 Å². The van der Waals surface area contributed by atoms with Crippen LogP contribution in [0.25, 0.3) is 0 Å². The second-order valence-corrected chi connectivity index (χ2v) is 12.9. The molecule has 5 amide bonds. The molecule has 10 atom stereocenters. The number of nitrogens with zero attached hydrogens (tertiary/aromatic N) is 2. The topological polar surface area (TPSA) is 322 Å². The molecule has 4 fully saturated rings. The molecule has 0 aliphatic carbocycles. The summed E-state index contributed by atoms with van der Waals surface area (Å²) in [6.45, 7) is -2.53. The first-order chi connectivity index (χ1) is 25.8. The van der Waals surface area contributed by atoms with Gasteiger partial charge in [0.15, 0.2) is 18.9 Å². The molecule has 0 aromatic carbocycles. The standard InChI is InChI=1S/C31H49N5O18/c37-15-16-23(44)25(46)28-31(51-16)50-11-9-34-19(40)14-35(13-18(39)33-8-10-49-29-26(47)24(45)27(48)30(52-28)53-29)12-17(38)32-7-3-1-2-4-22(43)54-36-20(41)5-6-21(36)42/h16,23-31,37,44-48H,1-15H2,(H,32,38)(H,33,39)(H,34,40)/t16-,23-,24+,25+,26+,27+,28+,29-,30-,31-/m1/s1. The Kier molecular flexibility index (Phi) is 16.8. The van der Waals surface area contributed by atoms with Crippen molar-refractivity contribution < 1.29 is 87.9 Å². The van der Waals surface area contributed by atoms with Gasteiger partial charge >= 0.3 is 5.97 Å². The lowest BCUT2D eigenvalue weighted by atomic mass is 9.98. The van der Waals surface area contributed by atoms with Crippen LogP contribution in [-0.4, -0.2) is 197 Å². The minimum Gasteiger partial charge on any atom is -0.394 e. The van der Waals surface area contributed by atoms with Crippen molar-refractivity contribution in [2.24, 2.45) is 0 Å². The fourth-order valence-corrected chi connectivity index (χ4v) is 5.84. The van der Waals surface area contributed by atoms with Gasteiger partial charge in [-0.05, 0) is 12.8 Å². The third kappa shape index (κ3) is 12.3. The fourth-order valence-electron chi connectivity index (χ4n) is 5.84. The molecule has 23 heteroatoms. The van der Waals surface area contributed by atoms with E-state index in [2.05, 4.69) is 16.0 Å². The molecule has 0 aromatic heterocycles. The van der Waals surface area contributed by atoms with Crippen LogP contribution in [0.15, 0.2) is 0 Å². The second-order valence-electron chi connectivity index (χ2n) is 12.9. The van der Waals surface area contributed by atoms with E-state index in [-0.39, 0.29) is 58.7 Å². The van der Waals surface area contributed by atoms with Gasteiger partial charge in [0.2, 0.25) is 17.7 Å². The highest BCUT2D eigenvalue weighted by atomic mass is 16.8. The van der Waals surface area contributed by atoms with Gasteiger partial charge in [0.25, 0.3) is 11.8 Å². The van der Waals surface area contributed by atoms with Crippen LogP contribution >= 0.6 is 0 Å². The van der Waals surface area contributed by atoms with E-state index in [1.807, 2.05) is 0 Å². The highest BCUT2D eigenvalue weighted by molar-refractivity contribution is 6.01.